The van der Waals surface area contributed by atoms with Crippen LogP contribution in [0.15, 0.2) is 18.2 Å². The van der Waals surface area contributed by atoms with Crippen molar-refractivity contribution in [3.05, 3.63) is 34.9 Å². The first-order chi connectivity index (χ1) is 9.01. The Morgan fingerprint density at radius 3 is 2.53 bits per heavy atom. The Morgan fingerprint density at radius 2 is 2.00 bits per heavy atom. The zero-order valence-corrected chi connectivity index (χ0v) is 12.9. The van der Waals surface area contributed by atoms with Crippen LogP contribution in [0.4, 0.5) is 0 Å². The highest BCUT2D eigenvalue weighted by molar-refractivity contribution is 5.74. The molecule has 0 aromatic heterocycles. The van der Waals surface area contributed by atoms with Crippen molar-refractivity contribution in [2.45, 2.75) is 40.5 Å². The molecule has 0 atom stereocenters. The number of rotatable bonds is 6. The van der Waals surface area contributed by atoms with Crippen molar-refractivity contribution in [3.8, 4) is 5.75 Å². The third kappa shape index (κ3) is 4.10. The lowest BCUT2D eigenvalue weighted by molar-refractivity contribution is 0.412. The average molecular weight is 261 g/mol. The minimum absolute atomic E-state index is 0.480. The summed E-state index contributed by atoms with van der Waals surface area (Å²) in [6.07, 6.45) is 4.38. The van der Waals surface area contributed by atoms with Crippen molar-refractivity contribution in [3.63, 3.8) is 0 Å². The summed E-state index contributed by atoms with van der Waals surface area (Å²) in [5.41, 5.74) is 10.7. The van der Waals surface area contributed by atoms with Crippen molar-refractivity contribution >= 4 is 5.57 Å². The van der Waals surface area contributed by atoms with E-state index in [1.165, 1.54) is 22.3 Å². The number of ether oxygens (including phenoxy) is 1. The maximum absolute atomic E-state index is 5.58. The van der Waals surface area contributed by atoms with E-state index in [1.807, 2.05) is 0 Å². The predicted molar refractivity (Wildman–Crippen MR) is 83.6 cm³/mol. The van der Waals surface area contributed by atoms with Crippen LogP contribution in [0, 0.1) is 19.8 Å². The summed E-state index contributed by atoms with van der Waals surface area (Å²) in [4.78, 5) is 0. The van der Waals surface area contributed by atoms with E-state index in [-0.39, 0.29) is 0 Å². The quantitative estimate of drug-likeness (QED) is 0.783. The number of nitrogens with two attached hydrogens (primary N) is 1. The molecule has 0 aliphatic rings. The Kier molecular flexibility index (Phi) is 6.10. The lowest BCUT2D eigenvalue weighted by Crippen LogP contribution is -2.02. The summed E-state index contributed by atoms with van der Waals surface area (Å²) in [6, 6.07) is 4.33. The van der Waals surface area contributed by atoms with E-state index < -0.39 is 0 Å². The number of hydrogen-bond acceptors (Lipinski definition) is 2. The molecule has 1 aromatic rings. The van der Waals surface area contributed by atoms with Crippen LogP contribution in [0.5, 0.6) is 5.75 Å². The minimum Gasteiger partial charge on any atom is -0.496 e. The largest absolute Gasteiger partial charge is 0.496 e. The van der Waals surface area contributed by atoms with Gasteiger partial charge in [-0.05, 0) is 61.9 Å². The van der Waals surface area contributed by atoms with E-state index in [1.54, 1.807) is 7.11 Å². The Hall–Kier alpha value is -1.28. The zero-order valence-electron chi connectivity index (χ0n) is 12.9. The molecule has 0 saturated heterocycles. The summed E-state index contributed by atoms with van der Waals surface area (Å²) >= 11 is 0. The fourth-order valence-electron chi connectivity index (χ4n) is 2.46. The van der Waals surface area contributed by atoms with Gasteiger partial charge < -0.3 is 10.5 Å². The monoisotopic (exact) mass is 261 g/mol. The van der Waals surface area contributed by atoms with Crippen molar-refractivity contribution in [1.82, 2.24) is 0 Å². The lowest BCUT2D eigenvalue weighted by Gasteiger charge is -2.19. The van der Waals surface area contributed by atoms with Crippen LogP contribution in [0.1, 0.15) is 43.4 Å². The van der Waals surface area contributed by atoms with Gasteiger partial charge >= 0.3 is 0 Å². The van der Waals surface area contributed by atoms with Crippen molar-refractivity contribution < 1.29 is 4.74 Å². The third-order valence-corrected chi connectivity index (χ3v) is 3.35. The zero-order chi connectivity index (χ0) is 14.4. The third-order valence-electron chi connectivity index (χ3n) is 3.35. The van der Waals surface area contributed by atoms with E-state index in [0.29, 0.717) is 5.92 Å². The van der Waals surface area contributed by atoms with Crippen LogP contribution in [0.2, 0.25) is 0 Å². The van der Waals surface area contributed by atoms with E-state index in [9.17, 15) is 0 Å². The number of allylic oxidation sites excluding steroid dienone is 2. The number of aryl methyl sites for hydroxylation is 2. The molecular weight excluding hydrogens is 234 g/mol. The van der Waals surface area contributed by atoms with Crippen LogP contribution >= 0.6 is 0 Å². The highest BCUT2D eigenvalue weighted by Crippen LogP contribution is 2.35. The topological polar surface area (TPSA) is 35.2 Å². The maximum atomic E-state index is 5.58. The van der Waals surface area contributed by atoms with Gasteiger partial charge in [0.1, 0.15) is 5.75 Å². The number of benzene rings is 1. The average Bonchev–Trinajstić information content (AvgIpc) is 2.34. The summed E-state index contributed by atoms with van der Waals surface area (Å²) in [7, 11) is 1.75. The van der Waals surface area contributed by atoms with Crippen molar-refractivity contribution in [1.29, 1.82) is 0 Å². The van der Waals surface area contributed by atoms with Crippen LogP contribution < -0.4 is 10.5 Å². The van der Waals surface area contributed by atoms with Crippen LogP contribution in [0.3, 0.4) is 0 Å². The molecule has 2 heteroatoms. The minimum atomic E-state index is 0.480. The number of hydrogen-bond donors (Lipinski definition) is 1. The Labute approximate surface area is 117 Å². The van der Waals surface area contributed by atoms with Gasteiger partial charge in [0.05, 0.1) is 7.11 Å². The molecule has 106 valence electrons. The molecule has 0 amide bonds. The first-order valence-electron chi connectivity index (χ1n) is 7.07. The van der Waals surface area contributed by atoms with E-state index in [2.05, 4.69) is 45.9 Å². The van der Waals surface area contributed by atoms with E-state index in [0.717, 1.165) is 25.1 Å². The lowest BCUT2D eigenvalue weighted by atomic mass is 9.89. The molecule has 0 spiro atoms. The van der Waals surface area contributed by atoms with Gasteiger partial charge in [-0.3, -0.25) is 0 Å². The Balaban J connectivity index is 3.26. The molecule has 1 aromatic carbocycles. The molecule has 0 fully saturated rings. The van der Waals surface area contributed by atoms with Gasteiger partial charge in [-0.2, -0.15) is 0 Å². The second-order valence-electron chi connectivity index (χ2n) is 5.40. The van der Waals surface area contributed by atoms with Gasteiger partial charge in [0.2, 0.25) is 0 Å². The molecule has 2 N–H and O–H groups in total. The first-order valence-corrected chi connectivity index (χ1v) is 7.07. The molecule has 0 aliphatic carbocycles. The fraction of sp³-hybridized carbons (Fsp3) is 0.529. The Morgan fingerprint density at radius 1 is 1.32 bits per heavy atom. The SMILES string of the molecule is COc1cc(C)cc(C)c1/C(=C/CCCN)C(C)C. The molecule has 0 saturated carbocycles. The molecule has 0 radical (unpaired) electrons. The fourth-order valence-corrected chi connectivity index (χ4v) is 2.46. The normalized spacial score (nSPS) is 12.1. The van der Waals surface area contributed by atoms with Gasteiger partial charge in [-0.25, -0.2) is 0 Å². The van der Waals surface area contributed by atoms with Crippen molar-refractivity contribution in [2.24, 2.45) is 11.7 Å². The summed E-state index contributed by atoms with van der Waals surface area (Å²) in [5, 5.41) is 0. The Bertz CT molecular complexity index is 447. The second kappa shape index (κ2) is 7.34. The molecule has 0 heterocycles. The van der Waals surface area contributed by atoms with Gasteiger partial charge in [0, 0.05) is 5.56 Å². The summed E-state index contributed by atoms with van der Waals surface area (Å²) in [6.45, 7) is 9.46. The van der Waals surface area contributed by atoms with E-state index >= 15 is 0 Å². The van der Waals surface area contributed by atoms with Crippen LogP contribution in [0.25, 0.3) is 5.57 Å². The molecule has 19 heavy (non-hydrogen) atoms. The molecule has 0 aliphatic heterocycles. The van der Waals surface area contributed by atoms with Crippen molar-refractivity contribution in [2.75, 3.05) is 13.7 Å². The highest BCUT2D eigenvalue weighted by atomic mass is 16.5. The highest BCUT2D eigenvalue weighted by Gasteiger charge is 2.15. The molecule has 0 bridgehead atoms. The summed E-state index contributed by atoms with van der Waals surface area (Å²) < 4.78 is 5.58. The first kappa shape index (κ1) is 15.8. The molecule has 2 nitrogen and oxygen atoms in total. The second-order valence-corrected chi connectivity index (χ2v) is 5.40. The smallest absolute Gasteiger partial charge is 0.126 e. The molecule has 1 rings (SSSR count). The number of unbranched alkanes of at least 4 members (excludes halogenated alkanes) is 1. The van der Waals surface area contributed by atoms with Crippen LogP contribution in [-0.2, 0) is 0 Å². The van der Waals surface area contributed by atoms with Gasteiger partial charge in [0.25, 0.3) is 0 Å². The molecule has 0 unspecified atom stereocenters. The predicted octanol–water partition coefficient (Wildman–Crippen LogP) is 4.09. The maximum Gasteiger partial charge on any atom is 0.126 e. The number of methoxy groups -OCH3 is 1. The standard InChI is InChI=1S/C17H27NO/c1-12(2)15(8-6-7-9-18)17-14(4)10-13(3)11-16(17)19-5/h8,10-12H,6-7,9,18H2,1-5H3/b15-8+. The van der Waals surface area contributed by atoms with Gasteiger partial charge in [0.15, 0.2) is 0 Å². The van der Waals surface area contributed by atoms with Gasteiger partial charge in [-0.15, -0.1) is 0 Å². The summed E-state index contributed by atoms with van der Waals surface area (Å²) in [5.74, 6) is 1.46. The van der Waals surface area contributed by atoms with Crippen LogP contribution in [-0.4, -0.2) is 13.7 Å². The molecular formula is C17H27NO. The van der Waals surface area contributed by atoms with Gasteiger partial charge in [-0.1, -0.05) is 26.0 Å². The van der Waals surface area contributed by atoms with E-state index in [4.69, 9.17) is 10.5 Å².